The molecular formula is C11H16N2O. The lowest BCUT2D eigenvalue weighted by Gasteiger charge is -2.19. The molecule has 2 aliphatic rings. The van der Waals surface area contributed by atoms with Gasteiger partial charge in [-0.15, -0.1) is 0 Å². The van der Waals surface area contributed by atoms with Crippen LogP contribution in [0.15, 0.2) is 6.07 Å². The Morgan fingerprint density at radius 2 is 2.29 bits per heavy atom. The molecule has 0 bridgehead atoms. The number of nitrogens with zero attached hydrogens (tertiary/aromatic N) is 2. The first-order valence-corrected chi connectivity index (χ1v) is 5.37. The molecule has 3 heteroatoms. The molecule has 1 aromatic rings. The molecule has 14 heavy (non-hydrogen) atoms. The Morgan fingerprint density at radius 3 is 3.14 bits per heavy atom. The predicted octanol–water partition coefficient (Wildman–Crippen LogP) is 1.26. The van der Waals surface area contributed by atoms with E-state index in [9.17, 15) is 5.11 Å². The maximum Gasteiger partial charge on any atom is 0.135 e. The highest BCUT2D eigenvalue weighted by molar-refractivity contribution is 5.34. The summed E-state index contributed by atoms with van der Waals surface area (Å²) in [4.78, 5) is 1.99. The molecule has 0 amide bonds. The molecule has 1 aromatic heterocycles. The average molecular weight is 192 g/mol. The van der Waals surface area contributed by atoms with E-state index in [4.69, 9.17) is 0 Å². The average Bonchev–Trinajstić information content (AvgIpc) is 2.67. The minimum absolute atomic E-state index is 0.372. The van der Waals surface area contributed by atoms with Gasteiger partial charge in [-0.1, -0.05) is 0 Å². The molecular weight excluding hydrogens is 176 g/mol. The Kier molecular flexibility index (Phi) is 1.73. The maximum atomic E-state index is 9.91. The third-order valence-electron chi connectivity index (χ3n) is 3.49. The fourth-order valence-corrected chi connectivity index (χ4v) is 2.69. The number of rotatable bonds is 0. The van der Waals surface area contributed by atoms with E-state index in [0.29, 0.717) is 0 Å². The van der Waals surface area contributed by atoms with Gasteiger partial charge in [0.1, 0.15) is 6.23 Å². The lowest BCUT2D eigenvalue weighted by Crippen LogP contribution is -2.18. The molecule has 1 N–H and O–H groups in total. The highest BCUT2D eigenvalue weighted by Gasteiger charge is 2.30. The van der Waals surface area contributed by atoms with Crippen molar-refractivity contribution in [3.63, 3.8) is 0 Å². The summed E-state index contributed by atoms with van der Waals surface area (Å²) in [6.07, 6.45) is 3.40. The quantitative estimate of drug-likeness (QED) is 0.670. The summed E-state index contributed by atoms with van der Waals surface area (Å²) in [5.41, 5.74) is 3.91. The smallest absolute Gasteiger partial charge is 0.135 e. The van der Waals surface area contributed by atoms with E-state index >= 15 is 0 Å². The number of fused-ring (bicyclic) bond motifs is 3. The highest BCUT2D eigenvalue weighted by Crippen LogP contribution is 2.34. The molecule has 0 radical (unpaired) electrons. The summed E-state index contributed by atoms with van der Waals surface area (Å²) in [7, 11) is 1.97. The zero-order valence-corrected chi connectivity index (χ0v) is 8.53. The number of aryl methyl sites for hydroxylation is 1. The van der Waals surface area contributed by atoms with E-state index in [0.717, 1.165) is 18.7 Å². The molecule has 3 nitrogen and oxygen atoms in total. The fraction of sp³-hybridized carbons (Fsp3) is 0.636. The standard InChI is InChI=1S/C11H16N2O/c1-12-7-10-9(11(12)14)6-8-4-2-3-5-13(8)10/h6,11,14H,2-5,7H2,1H3. The molecule has 1 atom stereocenters. The molecule has 76 valence electrons. The molecule has 0 aliphatic carbocycles. The number of hydrogen-bond donors (Lipinski definition) is 1. The SMILES string of the molecule is CN1Cc2c(cc3n2CCCC3)C1O. The van der Waals surface area contributed by atoms with Gasteiger partial charge in [0, 0.05) is 30.0 Å². The van der Waals surface area contributed by atoms with Crippen molar-refractivity contribution in [1.82, 2.24) is 9.47 Å². The first kappa shape index (κ1) is 8.50. The van der Waals surface area contributed by atoms with Crippen LogP contribution in [0, 0.1) is 0 Å². The van der Waals surface area contributed by atoms with Crippen LogP contribution in [-0.4, -0.2) is 21.6 Å². The molecule has 2 aliphatic heterocycles. The van der Waals surface area contributed by atoms with Crippen molar-refractivity contribution in [3.05, 3.63) is 23.0 Å². The Bertz CT molecular complexity index is 370. The second-order valence-electron chi connectivity index (χ2n) is 4.44. The van der Waals surface area contributed by atoms with E-state index in [1.807, 2.05) is 11.9 Å². The number of aliphatic hydroxyl groups excluding tert-OH is 1. The molecule has 0 fully saturated rings. The largest absolute Gasteiger partial charge is 0.374 e. The summed E-state index contributed by atoms with van der Waals surface area (Å²) in [5.74, 6) is 0. The number of aliphatic hydroxyl groups is 1. The summed E-state index contributed by atoms with van der Waals surface area (Å²) in [5, 5.41) is 9.91. The van der Waals surface area contributed by atoms with Crippen molar-refractivity contribution in [3.8, 4) is 0 Å². The minimum Gasteiger partial charge on any atom is -0.374 e. The molecule has 0 saturated carbocycles. The van der Waals surface area contributed by atoms with Crippen LogP contribution in [0.25, 0.3) is 0 Å². The number of hydrogen-bond acceptors (Lipinski definition) is 2. The van der Waals surface area contributed by atoms with E-state index in [-0.39, 0.29) is 6.23 Å². The van der Waals surface area contributed by atoms with Crippen molar-refractivity contribution in [2.75, 3.05) is 7.05 Å². The fourth-order valence-electron chi connectivity index (χ4n) is 2.69. The van der Waals surface area contributed by atoms with Crippen LogP contribution in [-0.2, 0) is 19.5 Å². The van der Waals surface area contributed by atoms with Gasteiger partial charge in [0.25, 0.3) is 0 Å². The molecule has 3 heterocycles. The van der Waals surface area contributed by atoms with Gasteiger partial charge in [-0.2, -0.15) is 0 Å². The Hall–Kier alpha value is -0.800. The van der Waals surface area contributed by atoms with E-state index in [1.165, 1.54) is 30.7 Å². The Morgan fingerprint density at radius 1 is 1.43 bits per heavy atom. The van der Waals surface area contributed by atoms with Crippen LogP contribution < -0.4 is 0 Å². The van der Waals surface area contributed by atoms with E-state index in [1.54, 1.807) is 0 Å². The minimum atomic E-state index is -0.372. The van der Waals surface area contributed by atoms with E-state index < -0.39 is 0 Å². The van der Waals surface area contributed by atoms with Crippen LogP contribution in [0.3, 0.4) is 0 Å². The molecule has 0 aromatic carbocycles. The van der Waals surface area contributed by atoms with Crippen LogP contribution in [0.1, 0.15) is 36.0 Å². The lowest BCUT2D eigenvalue weighted by atomic mass is 10.1. The summed E-state index contributed by atoms with van der Waals surface area (Å²) in [6, 6.07) is 2.20. The summed E-state index contributed by atoms with van der Waals surface area (Å²) in [6.45, 7) is 2.04. The Balaban J connectivity index is 2.09. The third-order valence-corrected chi connectivity index (χ3v) is 3.49. The van der Waals surface area contributed by atoms with Gasteiger partial charge in [-0.05, 0) is 32.4 Å². The van der Waals surface area contributed by atoms with Crippen LogP contribution >= 0.6 is 0 Å². The van der Waals surface area contributed by atoms with Gasteiger partial charge in [0.05, 0.1) is 0 Å². The third kappa shape index (κ3) is 0.996. The molecule has 1 unspecified atom stereocenters. The van der Waals surface area contributed by atoms with Gasteiger partial charge in [-0.3, -0.25) is 4.90 Å². The molecule has 0 saturated heterocycles. The van der Waals surface area contributed by atoms with E-state index in [2.05, 4.69) is 10.6 Å². The second-order valence-corrected chi connectivity index (χ2v) is 4.44. The first-order valence-electron chi connectivity index (χ1n) is 5.37. The van der Waals surface area contributed by atoms with Crippen molar-refractivity contribution in [2.24, 2.45) is 0 Å². The monoisotopic (exact) mass is 192 g/mol. The maximum absolute atomic E-state index is 9.91. The van der Waals surface area contributed by atoms with Gasteiger partial charge < -0.3 is 9.67 Å². The van der Waals surface area contributed by atoms with Crippen molar-refractivity contribution < 1.29 is 5.11 Å². The van der Waals surface area contributed by atoms with Crippen molar-refractivity contribution in [2.45, 2.75) is 38.6 Å². The predicted molar refractivity (Wildman–Crippen MR) is 53.8 cm³/mol. The van der Waals surface area contributed by atoms with Crippen molar-refractivity contribution in [1.29, 1.82) is 0 Å². The van der Waals surface area contributed by atoms with Gasteiger partial charge in [0.15, 0.2) is 0 Å². The van der Waals surface area contributed by atoms with Crippen LogP contribution in [0.5, 0.6) is 0 Å². The summed E-state index contributed by atoms with van der Waals surface area (Å²) < 4.78 is 2.41. The second kappa shape index (κ2) is 2.84. The zero-order valence-electron chi connectivity index (χ0n) is 8.53. The molecule has 3 rings (SSSR count). The topological polar surface area (TPSA) is 28.4 Å². The van der Waals surface area contributed by atoms with Crippen LogP contribution in [0.2, 0.25) is 0 Å². The van der Waals surface area contributed by atoms with Gasteiger partial charge >= 0.3 is 0 Å². The van der Waals surface area contributed by atoms with Crippen LogP contribution in [0.4, 0.5) is 0 Å². The Labute approximate surface area is 83.9 Å². The molecule has 0 spiro atoms. The van der Waals surface area contributed by atoms with Gasteiger partial charge in [-0.25, -0.2) is 0 Å². The van der Waals surface area contributed by atoms with Gasteiger partial charge in [0.2, 0.25) is 0 Å². The number of aromatic nitrogens is 1. The highest BCUT2D eigenvalue weighted by atomic mass is 16.3. The zero-order chi connectivity index (χ0) is 9.71. The lowest BCUT2D eigenvalue weighted by molar-refractivity contribution is 0.0330. The first-order chi connectivity index (χ1) is 6.77. The normalized spacial score (nSPS) is 26.3. The summed E-state index contributed by atoms with van der Waals surface area (Å²) >= 11 is 0. The van der Waals surface area contributed by atoms with Crippen molar-refractivity contribution >= 4 is 0 Å².